The van der Waals surface area contributed by atoms with Gasteiger partial charge in [-0.1, -0.05) is 22.0 Å². The van der Waals surface area contributed by atoms with Crippen molar-refractivity contribution in [2.45, 2.75) is 25.6 Å². The van der Waals surface area contributed by atoms with Crippen molar-refractivity contribution in [1.82, 2.24) is 0 Å². The van der Waals surface area contributed by atoms with E-state index in [1.54, 1.807) is 12.1 Å². The first-order chi connectivity index (χ1) is 7.92. The lowest BCUT2D eigenvalue weighted by molar-refractivity contribution is -0.136. The minimum Gasteiger partial charge on any atom is -0.493 e. The SMILES string of the molecule is NCc1ccc(Br)cc1OCCCC(F)(F)F. The van der Waals surface area contributed by atoms with E-state index in [2.05, 4.69) is 15.9 Å². The van der Waals surface area contributed by atoms with E-state index in [1.807, 2.05) is 6.07 Å². The summed E-state index contributed by atoms with van der Waals surface area (Å²) in [7, 11) is 0. The Kier molecular flexibility index (Phi) is 5.27. The smallest absolute Gasteiger partial charge is 0.389 e. The highest BCUT2D eigenvalue weighted by Gasteiger charge is 2.26. The summed E-state index contributed by atoms with van der Waals surface area (Å²) in [6, 6.07) is 5.30. The van der Waals surface area contributed by atoms with Crippen LogP contribution >= 0.6 is 15.9 Å². The zero-order valence-electron chi connectivity index (χ0n) is 9.06. The molecule has 0 saturated heterocycles. The fourth-order valence-electron chi connectivity index (χ4n) is 1.29. The van der Waals surface area contributed by atoms with Crippen LogP contribution in [0, 0.1) is 0 Å². The number of hydrogen-bond donors (Lipinski definition) is 1. The van der Waals surface area contributed by atoms with Crippen LogP contribution in [0.1, 0.15) is 18.4 Å². The minimum absolute atomic E-state index is 0.0307. The average molecular weight is 312 g/mol. The maximum absolute atomic E-state index is 11.9. The second-order valence-corrected chi connectivity index (χ2v) is 4.44. The number of rotatable bonds is 5. The van der Waals surface area contributed by atoms with E-state index in [0.717, 1.165) is 10.0 Å². The van der Waals surface area contributed by atoms with E-state index in [9.17, 15) is 13.2 Å². The van der Waals surface area contributed by atoms with Crippen molar-refractivity contribution in [3.63, 3.8) is 0 Å². The second kappa shape index (κ2) is 6.26. The fourth-order valence-corrected chi connectivity index (χ4v) is 1.63. The van der Waals surface area contributed by atoms with Crippen LogP contribution in [0.2, 0.25) is 0 Å². The van der Waals surface area contributed by atoms with Crippen LogP contribution in [0.3, 0.4) is 0 Å². The molecule has 1 aromatic rings. The third kappa shape index (κ3) is 5.41. The van der Waals surface area contributed by atoms with Gasteiger partial charge in [0.15, 0.2) is 0 Å². The van der Waals surface area contributed by atoms with Crippen molar-refractivity contribution in [3.05, 3.63) is 28.2 Å². The highest BCUT2D eigenvalue weighted by Crippen LogP contribution is 2.25. The molecule has 0 aromatic heterocycles. The third-order valence-corrected chi connectivity index (χ3v) is 2.60. The van der Waals surface area contributed by atoms with Crippen LogP contribution in [0.4, 0.5) is 13.2 Å². The lowest BCUT2D eigenvalue weighted by Crippen LogP contribution is -2.10. The van der Waals surface area contributed by atoms with Gasteiger partial charge in [0.2, 0.25) is 0 Å². The first kappa shape index (κ1) is 14.3. The van der Waals surface area contributed by atoms with Crippen molar-refractivity contribution in [1.29, 1.82) is 0 Å². The standard InChI is InChI=1S/C11H13BrF3NO/c12-9-3-2-8(7-16)10(6-9)17-5-1-4-11(13,14)15/h2-3,6H,1,4-5,7,16H2. The van der Waals surface area contributed by atoms with Gasteiger partial charge >= 0.3 is 6.18 Å². The summed E-state index contributed by atoms with van der Waals surface area (Å²) in [5.41, 5.74) is 6.28. The highest BCUT2D eigenvalue weighted by atomic mass is 79.9. The first-order valence-corrected chi connectivity index (χ1v) is 5.90. The molecular weight excluding hydrogens is 299 g/mol. The topological polar surface area (TPSA) is 35.2 Å². The number of nitrogens with two attached hydrogens (primary N) is 1. The molecule has 1 aromatic carbocycles. The van der Waals surface area contributed by atoms with E-state index in [-0.39, 0.29) is 13.0 Å². The Morgan fingerprint density at radius 2 is 2.00 bits per heavy atom. The predicted octanol–water partition coefficient (Wildman–Crippen LogP) is 3.63. The Bertz CT molecular complexity index is 368. The van der Waals surface area contributed by atoms with Gasteiger partial charge in [0.05, 0.1) is 6.61 Å². The van der Waals surface area contributed by atoms with E-state index in [1.165, 1.54) is 0 Å². The molecule has 0 amide bonds. The van der Waals surface area contributed by atoms with Gasteiger partial charge in [-0.3, -0.25) is 0 Å². The maximum atomic E-state index is 11.9. The van der Waals surface area contributed by atoms with Crippen LogP contribution in [0.5, 0.6) is 5.75 Å². The second-order valence-electron chi connectivity index (χ2n) is 3.52. The molecule has 2 N–H and O–H groups in total. The molecule has 17 heavy (non-hydrogen) atoms. The van der Waals surface area contributed by atoms with Crippen molar-refractivity contribution < 1.29 is 17.9 Å². The summed E-state index contributed by atoms with van der Waals surface area (Å²) in [5.74, 6) is 0.532. The minimum atomic E-state index is -4.13. The Morgan fingerprint density at radius 1 is 1.29 bits per heavy atom. The molecule has 0 aliphatic heterocycles. The van der Waals surface area contributed by atoms with Crippen LogP contribution in [-0.2, 0) is 6.54 Å². The molecular formula is C11H13BrF3NO. The molecule has 1 rings (SSSR count). The molecule has 0 radical (unpaired) electrons. The number of ether oxygens (including phenoxy) is 1. The van der Waals surface area contributed by atoms with E-state index in [0.29, 0.717) is 12.3 Å². The quantitative estimate of drug-likeness (QED) is 0.843. The first-order valence-electron chi connectivity index (χ1n) is 5.10. The normalized spacial score (nSPS) is 11.6. The third-order valence-electron chi connectivity index (χ3n) is 2.11. The summed E-state index contributed by atoms with van der Waals surface area (Å²) in [5, 5.41) is 0. The molecule has 96 valence electrons. The molecule has 6 heteroatoms. The number of alkyl halides is 3. The van der Waals surface area contributed by atoms with Gasteiger partial charge in [-0.15, -0.1) is 0 Å². The van der Waals surface area contributed by atoms with Crippen LogP contribution in [-0.4, -0.2) is 12.8 Å². The zero-order valence-corrected chi connectivity index (χ0v) is 10.6. The molecule has 0 fully saturated rings. The summed E-state index contributed by atoms with van der Waals surface area (Å²) in [6.07, 6.45) is -5.02. The Morgan fingerprint density at radius 3 is 2.59 bits per heavy atom. The molecule has 2 nitrogen and oxygen atoms in total. The van der Waals surface area contributed by atoms with Crippen molar-refractivity contribution in [3.8, 4) is 5.75 Å². The van der Waals surface area contributed by atoms with Gasteiger partial charge in [-0.25, -0.2) is 0 Å². The van der Waals surface area contributed by atoms with E-state index in [4.69, 9.17) is 10.5 Å². The maximum Gasteiger partial charge on any atom is 0.389 e. The summed E-state index contributed by atoms with van der Waals surface area (Å²) < 4.78 is 41.8. The summed E-state index contributed by atoms with van der Waals surface area (Å²) in [4.78, 5) is 0. The number of benzene rings is 1. The Hall–Kier alpha value is -0.750. The molecule has 0 spiro atoms. The average Bonchev–Trinajstić information content (AvgIpc) is 2.23. The van der Waals surface area contributed by atoms with Gasteiger partial charge in [-0.05, 0) is 18.6 Å². The van der Waals surface area contributed by atoms with Crippen molar-refractivity contribution in [2.24, 2.45) is 5.73 Å². The van der Waals surface area contributed by atoms with Gasteiger partial charge in [0.1, 0.15) is 5.75 Å². The van der Waals surface area contributed by atoms with Crippen LogP contribution < -0.4 is 10.5 Å². The van der Waals surface area contributed by atoms with Gasteiger partial charge in [0.25, 0.3) is 0 Å². The van der Waals surface area contributed by atoms with Crippen LogP contribution in [0.15, 0.2) is 22.7 Å². The van der Waals surface area contributed by atoms with Crippen LogP contribution in [0.25, 0.3) is 0 Å². The number of hydrogen-bond acceptors (Lipinski definition) is 2. The molecule has 0 bridgehead atoms. The Balaban J connectivity index is 2.48. The Labute approximate surface area is 106 Å². The molecule has 0 atom stereocenters. The number of halogens is 4. The van der Waals surface area contributed by atoms with E-state index >= 15 is 0 Å². The van der Waals surface area contributed by atoms with Crippen molar-refractivity contribution >= 4 is 15.9 Å². The summed E-state index contributed by atoms with van der Waals surface area (Å²) >= 11 is 3.27. The van der Waals surface area contributed by atoms with Crippen molar-refractivity contribution in [2.75, 3.05) is 6.61 Å². The van der Waals surface area contributed by atoms with Gasteiger partial charge in [-0.2, -0.15) is 13.2 Å². The monoisotopic (exact) mass is 311 g/mol. The molecule has 0 heterocycles. The van der Waals surface area contributed by atoms with E-state index < -0.39 is 12.6 Å². The molecule has 0 aliphatic carbocycles. The van der Waals surface area contributed by atoms with Gasteiger partial charge in [0, 0.05) is 23.0 Å². The fraction of sp³-hybridized carbons (Fsp3) is 0.455. The molecule has 0 unspecified atom stereocenters. The zero-order chi connectivity index (χ0) is 12.9. The summed E-state index contributed by atoms with van der Waals surface area (Å²) in [6.45, 7) is 0.324. The predicted molar refractivity (Wildman–Crippen MR) is 62.8 cm³/mol. The largest absolute Gasteiger partial charge is 0.493 e. The molecule has 0 aliphatic rings. The lowest BCUT2D eigenvalue weighted by atomic mass is 10.2. The van der Waals surface area contributed by atoms with Gasteiger partial charge < -0.3 is 10.5 Å². The highest BCUT2D eigenvalue weighted by molar-refractivity contribution is 9.10. The molecule has 0 saturated carbocycles. The lowest BCUT2D eigenvalue weighted by Gasteiger charge is -2.11.